The van der Waals surface area contributed by atoms with Crippen molar-refractivity contribution in [3.63, 3.8) is 0 Å². The highest BCUT2D eigenvalue weighted by atomic mass is 16.5. The molecule has 4 nitrogen and oxygen atoms in total. The molecule has 0 amide bonds. The second-order valence-electron chi connectivity index (χ2n) is 4.90. The molecular weight excluding hydrogens is 262 g/mol. The maximum Gasteiger partial charge on any atom is 0.120 e. The minimum absolute atomic E-state index is 0.667. The van der Waals surface area contributed by atoms with Crippen molar-refractivity contribution < 1.29 is 4.74 Å². The summed E-state index contributed by atoms with van der Waals surface area (Å²) in [5, 5.41) is 10.5. The van der Waals surface area contributed by atoms with Gasteiger partial charge < -0.3 is 15.0 Å². The Labute approximate surface area is 123 Å². The highest BCUT2D eigenvalue weighted by Gasteiger charge is 2.16. The van der Waals surface area contributed by atoms with Crippen LogP contribution < -0.4 is 10.5 Å². The number of ether oxygens (including phenoxy) is 1. The first kappa shape index (κ1) is 13.1. The molecule has 2 aromatic carbocycles. The molecule has 0 aliphatic heterocycles. The molecule has 0 unspecified atom stereocenters. The Balaban J connectivity index is 2.34. The Morgan fingerprint density at radius 1 is 1.14 bits per heavy atom. The summed E-state index contributed by atoms with van der Waals surface area (Å²) in [5.74, 6) is 0.774. The zero-order valence-electron chi connectivity index (χ0n) is 11.9. The van der Waals surface area contributed by atoms with E-state index in [0.29, 0.717) is 11.3 Å². The molecule has 104 valence electrons. The number of fused-ring (bicyclic) bond motifs is 1. The summed E-state index contributed by atoms with van der Waals surface area (Å²) in [7, 11) is 3.59. The van der Waals surface area contributed by atoms with Crippen LogP contribution in [0.3, 0.4) is 0 Å². The van der Waals surface area contributed by atoms with Crippen molar-refractivity contribution in [1.82, 2.24) is 4.57 Å². The van der Waals surface area contributed by atoms with Crippen LogP contribution in [0.1, 0.15) is 5.56 Å². The normalized spacial score (nSPS) is 10.5. The van der Waals surface area contributed by atoms with Crippen LogP contribution in [-0.4, -0.2) is 11.7 Å². The molecule has 3 rings (SSSR count). The van der Waals surface area contributed by atoms with E-state index in [9.17, 15) is 5.26 Å². The van der Waals surface area contributed by atoms with E-state index in [1.807, 2.05) is 54.1 Å². The van der Waals surface area contributed by atoms with Gasteiger partial charge in [0.05, 0.1) is 23.9 Å². The maximum absolute atomic E-state index is 9.55. The Morgan fingerprint density at radius 2 is 1.86 bits per heavy atom. The molecule has 1 heterocycles. The van der Waals surface area contributed by atoms with Gasteiger partial charge in [0.25, 0.3) is 0 Å². The largest absolute Gasteiger partial charge is 0.497 e. The molecule has 0 bridgehead atoms. The van der Waals surface area contributed by atoms with Crippen LogP contribution in [-0.2, 0) is 7.05 Å². The number of nitrogens with two attached hydrogens (primary N) is 1. The van der Waals surface area contributed by atoms with Gasteiger partial charge in [-0.3, -0.25) is 0 Å². The van der Waals surface area contributed by atoms with Gasteiger partial charge in [-0.15, -0.1) is 0 Å². The average molecular weight is 277 g/mol. The van der Waals surface area contributed by atoms with Crippen molar-refractivity contribution in [2.75, 3.05) is 12.8 Å². The van der Waals surface area contributed by atoms with Gasteiger partial charge >= 0.3 is 0 Å². The minimum atomic E-state index is 0.667. The number of hydrogen-bond donors (Lipinski definition) is 1. The fraction of sp³-hybridized carbons (Fsp3) is 0.118. The third-order valence-corrected chi connectivity index (χ3v) is 3.70. The monoisotopic (exact) mass is 277 g/mol. The third kappa shape index (κ3) is 2.00. The fourth-order valence-electron chi connectivity index (χ4n) is 2.64. The Hall–Kier alpha value is -2.93. The van der Waals surface area contributed by atoms with E-state index in [4.69, 9.17) is 10.5 Å². The summed E-state index contributed by atoms with van der Waals surface area (Å²) in [6, 6.07) is 15.6. The maximum atomic E-state index is 9.55. The van der Waals surface area contributed by atoms with E-state index in [0.717, 1.165) is 27.9 Å². The predicted octanol–water partition coefficient (Wildman–Crippen LogP) is 3.31. The second kappa shape index (κ2) is 4.88. The van der Waals surface area contributed by atoms with E-state index in [2.05, 4.69) is 6.07 Å². The van der Waals surface area contributed by atoms with E-state index in [1.54, 1.807) is 7.11 Å². The highest BCUT2D eigenvalue weighted by Crippen LogP contribution is 2.34. The number of aryl methyl sites for hydroxylation is 1. The Morgan fingerprint density at radius 3 is 2.48 bits per heavy atom. The Kier molecular flexibility index (Phi) is 3.03. The lowest BCUT2D eigenvalue weighted by atomic mass is 10.1. The number of aromatic nitrogens is 1. The van der Waals surface area contributed by atoms with E-state index >= 15 is 0 Å². The molecule has 0 aliphatic rings. The molecule has 0 fully saturated rings. The number of benzene rings is 2. The van der Waals surface area contributed by atoms with Crippen LogP contribution >= 0.6 is 0 Å². The summed E-state index contributed by atoms with van der Waals surface area (Å²) < 4.78 is 7.28. The van der Waals surface area contributed by atoms with Crippen LogP contribution in [0.25, 0.3) is 22.2 Å². The van der Waals surface area contributed by atoms with Crippen LogP contribution in [0.4, 0.5) is 5.69 Å². The van der Waals surface area contributed by atoms with Gasteiger partial charge in [0.2, 0.25) is 0 Å². The standard InChI is InChI=1S/C17H15N3O/c1-20-16-9-13(21-2)7-8-14(16)15(10-18)17(20)11-3-5-12(19)6-4-11/h3-9H,19H2,1-2H3. The summed E-state index contributed by atoms with van der Waals surface area (Å²) in [6.45, 7) is 0. The van der Waals surface area contributed by atoms with Crippen molar-refractivity contribution in [3.8, 4) is 23.1 Å². The van der Waals surface area contributed by atoms with E-state index in [-0.39, 0.29) is 0 Å². The average Bonchev–Trinajstić information content (AvgIpc) is 2.80. The number of methoxy groups -OCH3 is 1. The highest BCUT2D eigenvalue weighted by molar-refractivity contribution is 5.95. The number of anilines is 1. The molecule has 0 spiro atoms. The Bertz CT molecular complexity index is 854. The lowest BCUT2D eigenvalue weighted by molar-refractivity contribution is 0.415. The molecule has 21 heavy (non-hydrogen) atoms. The number of hydrogen-bond acceptors (Lipinski definition) is 3. The van der Waals surface area contributed by atoms with E-state index < -0.39 is 0 Å². The van der Waals surface area contributed by atoms with Gasteiger partial charge in [0.1, 0.15) is 11.8 Å². The van der Waals surface area contributed by atoms with Gasteiger partial charge in [0.15, 0.2) is 0 Å². The summed E-state index contributed by atoms with van der Waals surface area (Å²) in [5.41, 5.74) is 9.94. The lowest BCUT2D eigenvalue weighted by Gasteiger charge is -2.06. The summed E-state index contributed by atoms with van der Waals surface area (Å²) >= 11 is 0. The summed E-state index contributed by atoms with van der Waals surface area (Å²) in [4.78, 5) is 0. The van der Waals surface area contributed by atoms with Gasteiger partial charge in [-0.2, -0.15) is 5.26 Å². The van der Waals surface area contributed by atoms with Crippen molar-refractivity contribution in [2.24, 2.45) is 7.05 Å². The number of nitriles is 1. The number of nitrogen functional groups attached to an aromatic ring is 1. The van der Waals surface area contributed by atoms with Gasteiger partial charge in [0, 0.05) is 24.2 Å². The third-order valence-electron chi connectivity index (χ3n) is 3.70. The fourth-order valence-corrected chi connectivity index (χ4v) is 2.64. The molecule has 0 atom stereocenters. The zero-order valence-corrected chi connectivity index (χ0v) is 11.9. The van der Waals surface area contributed by atoms with Crippen LogP contribution in [0.5, 0.6) is 5.75 Å². The first-order valence-electron chi connectivity index (χ1n) is 6.58. The van der Waals surface area contributed by atoms with Gasteiger partial charge in [-0.25, -0.2) is 0 Å². The van der Waals surface area contributed by atoms with Gasteiger partial charge in [-0.05, 0) is 29.8 Å². The van der Waals surface area contributed by atoms with Crippen molar-refractivity contribution in [2.45, 2.75) is 0 Å². The molecule has 2 N–H and O–H groups in total. The van der Waals surface area contributed by atoms with Crippen LogP contribution in [0, 0.1) is 11.3 Å². The molecule has 3 aromatic rings. The number of rotatable bonds is 2. The summed E-state index contributed by atoms with van der Waals surface area (Å²) in [6.07, 6.45) is 0. The van der Waals surface area contributed by atoms with Crippen LogP contribution in [0.2, 0.25) is 0 Å². The topological polar surface area (TPSA) is 64.0 Å². The first-order valence-corrected chi connectivity index (χ1v) is 6.58. The van der Waals surface area contributed by atoms with Crippen molar-refractivity contribution >= 4 is 16.6 Å². The molecule has 1 aromatic heterocycles. The van der Waals surface area contributed by atoms with Crippen molar-refractivity contribution in [3.05, 3.63) is 48.0 Å². The van der Waals surface area contributed by atoms with Gasteiger partial charge in [-0.1, -0.05) is 12.1 Å². The minimum Gasteiger partial charge on any atom is -0.497 e. The molecule has 0 saturated carbocycles. The number of nitrogens with zero attached hydrogens (tertiary/aromatic N) is 2. The molecule has 0 radical (unpaired) electrons. The predicted molar refractivity (Wildman–Crippen MR) is 84.0 cm³/mol. The SMILES string of the molecule is COc1ccc2c(C#N)c(-c3ccc(N)cc3)n(C)c2c1. The molecule has 4 heteroatoms. The van der Waals surface area contributed by atoms with E-state index in [1.165, 1.54) is 0 Å². The molecular formula is C17H15N3O. The second-order valence-corrected chi connectivity index (χ2v) is 4.90. The quantitative estimate of drug-likeness (QED) is 0.731. The molecule has 0 aliphatic carbocycles. The molecule has 0 saturated heterocycles. The first-order chi connectivity index (χ1) is 10.2. The smallest absolute Gasteiger partial charge is 0.120 e. The van der Waals surface area contributed by atoms with Crippen LogP contribution in [0.15, 0.2) is 42.5 Å². The zero-order chi connectivity index (χ0) is 15.0. The lowest BCUT2D eigenvalue weighted by Crippen LogP contribution is -1.93. The van der Waals surface area contributed by atoms with Crippen molar-refractivity contribution in [1.29, 1.82) is 5.26 Å².